The third-order valence-electron chi connectivity index (χ3n) is 4.93. The fourth-order valence-electron chi connectivity index (χ4n) is 3.44. The molecule has 0 aliphatic carbocycles. The van der Waals surface area contributed by atoms with Gasteiger partial charge in [-0.15, -0.1) is 0 Å². The molecule has 31 heavy (non-hydrogen) atoms. The molecular formula is C25H31N3O3. The summed E-state index contributed by atoms with van der Waals surface area (Å²) in [4.78, 5) is 12.3. The van der Waals surface area contributed by atoms with Gasteiger partial charge in [0, 0.05) is 18.0 Å². The maximum absolute atomic E-state index is 12.3. The van der Waals surface area contributed by atoms with Gasteiger partial charge in [-0.2, -0.15) is 5.10 Å². The van der Waals surface area contributed by atoms with Gasteiger partial charge in [0.25, 0.3) is 0 Å². The van der Waals surface area contributed by atoms with E-state index in [1.54, 1.807) is 7.11 Å². The highest BCUT2D eigenvalue weighted by Gasteiger charge is 2.21. The van der Waals surface area contributed by atoms with Crippen LogP contribution in [0.1, 0.15) is 44.0 Å². The SMILES string of the molecule is CCc1nn(-c2ccc(OC)cc2)c(Oc2cccc(C)c2)c1CCC(=O)NC(C)C. The monoisotopic (exact) mass is 421 g/mol. The van der Waals surface area contributed by atoms with Gasteiger partial charge in [-0.1, -0.05) is 19.1 Å². The molecule has 6 heteroatoms. The molecule has 0 fully saturated rings. The van der Waals surface area contributed by atoms with Gasteiger partial charge in [-0.3, -0.25) is 4.79 Å². The lowest BCUT2D eigenvalue weighted by molar-refractivity contribution is -0.121. The molecule has 1 amide bonds. The Labute approximate surface area is 184 Å². The zero-order valence-electron chi connectivity index (χ0n) is 18.9. The third-order valence-corrected chi connectivity index (χ3v) is 4.93. The molecule has 0 bridgehead atoms. The molecule has 1 heterocycles. The van der Waals surface area contributed by atoms with E-state index < -0.39 is 0 Å². The minimum atomic E-state index is 0.0238. The first-order valence-corrected chi connectivity index (χ1v) is 10.7. The van der Waals surface area contributed by atoms with Crippen LogP contribution in [0.25, 0.3) is 5.69 Å². The Morgan fingerprint density at radius 3 is 2.48 bits per heavy atom. The molecule has 3 rings (SSSR count). The van der Waals surface area contributed by atoms with E-state index in [-0.39, 0.29) is 11.9 Å². The van der Waals surface area contributed by atoms with Crippen LogP contribution in [0.4, 0.5) is 0 Å². The van der Waals surface area contributed by atoms with Crippen LogP contribution >= 0.6 is 0 Å². The fraction of sp³-hybridized carbons (Fsp3) is 0.360. The standard InChI is InChI=1S/C25H31N3O3/c1-6-23-22(14-15-24(29)26-17(2)3)25(31-21-9-7-8-18(4)16-21)28(27-23)19-10-12-20(30-5)13-11-19/h7-13,16-17H,6,14-15H2,1-5H3,(H,26,29). The molecule has 0 radical (unpaired) electrons. The fourth-order valence-corrected chi connectivity index (χ4v) is 3.44. The molecule has 0 spiro atoms. The number of nitrogens with zero attached hydrogens (tertiary/aromatic N) is 2. The Hall–Kier alpha value is -3.28. The molecule has 0 saturated carbocycles. The van der Waals surface area contributed by atoms with Crippen molar-refractivity contribution in [1.29, 1.82) is 0 Å². The molecular weight excluding hydrogens is 390 g/mol. The Balaban J connectivity index is 2.02. The van der Waals surface area contributed by atoms with E-state index in [9.17, 15) is 4.79 Å². The number of methoxy groups -OCH3 is 1. The smallest absolute Gasteiger partial charge is 0.226 e. The van der Waals surface area contributed by atoms with Crippen LogP contribution in [0.3, 0.4) is 0 Å². The number of ether oxygens (including phenoxy) is 2. The first kappa shape index (κ1) is 22.4. The lowest BCUT2D eigenvalue weighted by atomic mass is 10.1. The topological polar surface area (TPSA) is 65.4 Å². The highest BCUT2D eigenvalue weighted by molar-refractivity contribution is 5.76. The average Bonchev–Trinajstić information content (AvgIpc) is 3.09. The van der Waals surface area contributed by atoms with Gasteiger partial charge in [0.1, 0.15) is 11.5 Å². The summed E-state index contributed by atoms with van der Waals surface area (Å²) >= 11 is 0. The largest absolute Gasteiger partial charge is 0.497 e. The number of hydrogen-bond donors (Lipinski definition) is 1. The van der Waals surface area contributed by atoms with Crippen molar-refractivity contribution in [3.8, 4) is 23.1 Å². The number of hydrogen-bond acceptors (Lipinski definition) is 4. The lowest BCUT2D eigenvalue weighted by Crippen LogP contribution is -2.30. The summed E-state index contributed by atoms with van der Waals surface area (Å²) < 4.78 is 13.5. The second-order valence-electron chi connectivity index (χ2n) is 7.83. The normalized spacial score (nSPS) is 10.9. The van der Waals surface area contributed by atoms with Crippen LogP contribution in [-0.4, -0.2) is 28.8 Å². The van der Waals surface area contributed by atoms with E-state index in [1.165, 1.54) is 0 Å². The summed E-state index contributed by atoms with van der Waals surface area (Å²) in [5.41, 5.74) is 3.87. The second-order valence-corrected chi connectivity index (χ2v) is 7.83. The van der Waals surface area contributed by atoms with E-state index in [2.05, 4.69) is 12.2 Å². The highest BCUT2D eigenvalue weighted by atomic mass is 16.5. The summed E-state index contributed by atoms with van der Waals surface area (Å²) in [6, 6.07) is 15.7. The van der Waals surface area contributed by atoms with Gasteiger partial charge in [0.2, 0.25) is 11.8 Å². The van der Waals surface area contributed by atoms with Gasteiger partial charge < -0.3 is 14.8 Å². The minimum absolute atomic E-state index is 0.0238. The number of carbonyl (C=O) groups is 1. The van der Waals surface area contributed by atoms with E-state index in [0.717, 1.165) is 40.4 Å². The number of rotatable bonds is 9. The summed E-state index contributed by atoms with van der Waals surface area (Å²) in [5.74, 6) is 2.18. The van der Waals surface area contributed by atoms with Crippen molar-refractivity contribution in [2.75, 3.05) is 7.11 Å². The summed E-state index contributed by atoms with van der Waals surface area (Å²) in [5, 5.41) is 7.79. The van der Waals surface area contributed by atoms with E-state index >= 15 is 0 Å². The predicted molar refractivity (Wildman–Crippen MR) is 122 cm³/mol. The molecule has 1 N–H and O–H groups in total. The molecule has 0 aliphatic rings. The van der Waals surface area contributed by atoms with Crippen LogP contribution in [0.15, 0.2) is 48.5 Å². The van der Waals surface area contributed by atoms with Gasteiger partial charge in [-0.25, -0.2) is 4.68 Å². The zero-order valence-corrected chi connectivity index (χ0v) is 18.9. The average molecular weight is 422 g/mol. The van der Waals surface area contributed by atoms with Crippen LogP contribution in [0, 0.1) is 6.92 Å². The van der Waals surface area contributed by atoms with E-state index in [0.29, 0.717) is 18.7 Å². The molecule has 0 aliphatic heterocycles. The van der Waals surface area contributed by atoms with Crippen molar-refractivity contribution in [1.82, 2.24) is 15.1 Å². The molecule has 3 aromatic rings. The minimum Gasteiger partial charge on any atom is -0.497 e. The molecule has 164 valence electrons. The van der Waals surface area contributed by atoms with Crippen molar-refractivity contribution in [3.05, 3.63) is 65.4 Å². The molecule has 1 aromatic heterocycles. The summed E-state index contributed by atoms with van der Waals surface area (Å²) in [6.45, 7) is 8.02. The van der Waals surface area contributed by atoms with E-state index in [4.69, 9.17) is 14.6 Å². The highest BCUT2D eigenvalue weighted by Crippen LogP contribution is 2.33. The number of amides is 1. The van der Waals surface area contributed by atoms with Gasteiger partial charge >= 0.3 is 0 Å². The van der Waals surface area contributed by atoms with Gasteiger partial charge in [0.15, 0.2) is 0 Å². The third kappa shape index (κ3) is 5.66. The number of aromatic nitrogens is 2. The summed E-state index contributed by atoms with van der Waals surface area (Å²) in [6.07, 6.45) is 1.68. The maximum Gasteiger partial charge on any atom is 0.226 e. The zero-order chi connectivity index (χ0) is 22.4. The number of aryl methyl sites for hydroxylation is 2. The van der Waals surface area contributed by atoms with Gasteiger partial charge in [-0.05, 0) is 75.6 Å². The molecule has 6 nitrogen and oxygen atoms in total. The van der Waals surface area contributed by atoms with E-state index in [1.807, 2.05) is 74.0 Å². The quantitative estimate of drug-likeness (QED) is 0.528. The van der Waals surface area contributed by atoms with Crippen molar-refractivity contribution in [3.63, 3.8) is 0 Å². The Kier molecular flexibility index (Phi) is 7.34. The first-order valence-electron chi connectivity index (χ1n) is 10.7. The van der Waals surface area contributed by atoms with Crippen molar-refractivity contribution >= 4 is 5.91 Å². The second kappa shape index (κ2) is 10.2. The lowest BCUT2D eigenvalue weighted by Gasteiger charge is -2.13. The predicted octanol–water partition coefficient (Wildman–Crippen LogP) is 5.00. The molecule has 2 aromatic carbocycles. The van der Waals surface area contributed by atoms with Crippen LogP contribution in [-0.2, 0) is 17.6 Å². The number of benzene rings is 2. The summed E-state index contributed by atoms with van der Waals surface area (Å²) in [7, 11) is 1.64. The van der Waals surface area contributed by atoms with Crippen LogP contribution in [0.2, 0.25) is 0 Å². The van der Waals surface area contributed by atoms with Crippen molar-refractivity contribution in [2.45, 2.75) is 53.0 Å². The number of nitrogens with one attached hydrogen (secondary N) is 1. The van der Waals surface area contributed by atoms with Crippen molar-refractivity contribution in [2.24, 2.45) is 0 Å². The molecule has 0 unspecified atom stereocenters. The van der Waals surface area contributed by atoms with Crippen LogP contribution < -0.4 is 14.8 Å². The number of carbonyl (C=O) groups excluding carboxylic acids is 1. The molecule has 0 saturated heterocycles. The first-order chi connectivity index (χ1) is 14.9. The molecule has 0 atom stereocenters. The maximum atomic E-state index is 12.3. The Morgan fingerprint density at radius 1 is 1.13 bits per heavy atom. The Morgan fingerprint density at radius 2 is 1.87 bits per heavy atom. The van der Waals surface area contributed by atoms with Crippen molar-refractivity contribution < 1.29 is 14.3 Å². The van der Waals surface area contributed by atoms with Gasteiger partial charge in [0.05, 0.1) is 18.5 Å². The Bertz CT molecular complexity index is 1020. The van der Waals surface area contributed by atoms with Crippen LogP contribution in [0.5, 0.6) is 17.4 Å².